The first kappa shape index (κ1) is 12.4. The molecule has 0 bridgehead atoms. The molecule has 0 spiro atoms. The number of ether oxygens (including phenoxy) is 1. The number of hydrogen-bond donors (Lipinski definition) is 1. The van der Waals surface area contributed by atoms with Gasteiger partial charge in [-0.3, -0.25) is 4.79 Å². The fourth-order valence-electron chi connectivity index (χ4n) is 2.03. The zero-order valence-corrected chi connectivity index (χ0v) is 10.3. The summed E-state index contributed by atoms with van der Waals surface area (Å²) < 4.78 is 4.91. The number of aryl methyl sites for hydroxylation is 1. The zero-order chi connectivity index (χ0) is 13.0. The molecule has 0 fully saturated rings. The van der Waals surface area contributed by atoms with Crippen molar-refractivity contribution in [3.8, 4) is 5.75 Å². The van der Waals surface area contributed by atoms with Gasteiger partial charge in [0.2, 0.25) is 0 Å². The Morgan fingerprint density at radius 2 is 1.89 bits per heavy atom. The fraction of sp³-hybridized carbons (Fsp3) is 0.267. The molecule has 0 atom stereocenters. The molecule has 0 aromatic heterocycles. The minimum atomic E-state index is -0.186. The summed E-state index contributed by atoms with van der Waals surface area (Å²) in [4.78, 5) is 11.3. The van der Waals surface area contributed by atoms with Crippen LogP contribution in [0.1, 0.15) is 18.9 Å². The molecule has 2 aromatic rings. The quantitative estimate of drug-likeness (QED) is 0.841. The van der Waals surface area contributed by atoms with E-state index in [0.717, 1.165) is 16.3 Å². The maximum absolute atomic E-state index is 11.3. The lowest BCUT2D eigenvalue weighted by Crippen LogP contribution is -2.05. The van der Waals surface area contributed by atoms with Crippen LogP contribution in [0.25, 0.3) is 10.8 Å². The first-order valence-electron chi connectivity index (χ1n) is 6.07. The van der Waals surface area contributed by atoms with E-state index in [2.05, 4.69) is 0 Å². The van der Waals surface area contributed by atoms with E-state index < -0.39 is 0 Å². The van der Waals surface area contributed by atoms with Crippen molar-refractivity contribution >= 4 is 16.7 Å². The van der Waals surface area contributed by atoms with Crippen LogP contribution in [0, 0.1) is 0 Å². The molecular weight excluding hydrogens is 228 g/mol. The highest BCUT2D eigenvalue weighted by Crippen LogP contribution is 2.28. The second-order valence-electron chi connectivity index (χ2n) is 4.09. The van der Waals surface area contributed by atoms with Gasteiger partial charge in [-0.25, -0.2) is 0 Å². The van der Waals surface area contributed by atoms with Crippen LogP contribution in [-0.2, 0) is 16.0 Å². The standard InChI is InChI=1S/C15H16O3/c1-2-18-15(17)10-8-11-7-9-14(16)13-6-4-3-5-12(11)13/h3-7,9,16H,2,8,10H2,1H3. The minimum absolute atomic E-state index is 0.186. The number of fused-ring (bicyclic) bond motifs is 1. The van der Waals surface area contributed by atoms with E-state index in [9.17, 15) is 9.90 Å². The summed E-state index contributed by atoms with van der Waals surface area (Å²) in [5.74, 6) is 0.0835. The molecule has 0 unspecified atom stereocenters. The van der Waals surface area contributed by atoms with Crippen molar-refractivity contribution in [2.75, 3.05) is 6.61 Å². The van der Waals surface area contributed by atoms with Crippen molar-refractivity contribution in [2.24, 2.45) is 0 Å². The molecule has 0 saturated carbocycles. The summed E-state index contributed by atoms with van der Waals surface area (Å²) in [6.45, 7) is 2.21. The normalized spacial score (nSPS) is 10.5. The molecule has 0 saturated heterocycles. The maximum atomic E-state index is 11.3. The highest BCUT2D eigenvalue weighted by atomic mass is 16.5. The van der Waals surface area contributed by atoms with Crippen molar-refractivity contribution in [2.45, 2.75) is 19.8 Å². The van der Waals surface area contributed by atoms with Crippen molar-refractivity contribution < 1.29 is 14.6 Å². The van der Waals surface area contributed by atoms with E-state index in [-0.39, 0.29) is 11.7 Å². The van der Waals surface area contributed by atoms with Crippen LogP contribution in [0.4, 0.5) is 0 Å². The molecule has 3 heteroatoms. The Bertz CT molecular complexity index is 561. The van der Waals surface area contributed by atoms with E-state index in [0.29, 0.717) is 19.4 Å². The number of rotatable bonds is 4. The first-order chi connectivity index (χ1) is 8.72. The van der Waals surface area contributed by atoms with E-state index in [4.69, 9.17) is 4.74 Å². The number of aromatic hydroxyl groups is 1. The lowest BCUT2D eigenvalue weighted by atomic mass is 10.0. The molecule has 3 nitrogen and oxygen atoms in total. The van der Waals surface area contributed by atoms with Gasteiger partial charge in [-0.15, -0.1) is 0 Å². The minimum Gasteiger partial charge on any atom is -0.507 e. The Kier molecular flexibility index (Phi) is 3.82. The Morgan fingerprint density at radius 3 is 2.61 bits per heavy atom. The summed E-state index contributed by atoms with van der Waals surface area (Å²) in [5.41, 5.74) is 1.05. The Morgan fingerprint density at radius 1 is 1.17 bits per heavy atom. The van der Waals surface area contributed by atoms with Crippen molar-refractivity contribution in [1.29, 1.82) is 0 Å². The smallest absolute Gasteiger partial charge is 0.306 e. The molecule has 0 aliphatic rings. The highest BCUT2D eigenvalue weighted by molar-refractivity contribution is 5.91. The van der Waals surface area contributed by atoms with Crippen LogP contribution in [0.15, 0.2) is 36.4 Å². The summed E-state index contributed by atoms with van der Waals surface area (Å²) in [5, 5.41) is 11.6. The number of phenolic OH excluding ortho intramolecular Hbond substituents is 1. The van der Waals surface area contributed by atoms with Gasteiger partial charge in [0.15, 0.2) is 0 Å². The van der Waals surface area contributed by atoms with E-state index >= 15 is 0 Å². The molecule has 2 aromatic carbocycles. The molecule has 0 heterocycles. The van der Waals surface area contributed by atoms with Gasteiger partial charge in [0.1, 0.15) is 5.75 Å². The summed E-state index contributed by atoms with van der Waals surface area (Å²) in [6, 6.07) is 11.2. The number of carbonyl (C=O) groups excluding carboxylic acids is 1. The highest BCUT2D eigenvalue weighted by Gasteiger charge is 2.07. The summed E-state index contributed by atoms with van der Waals surface area (Å²) in [7, 11) is 0. The molecule has 94 valence electrons. The lowest BCUT2D eigenvalue weighted by Gasteiger charge is -2.08. The number of esters is 1. The number of hydrogen-bond acceptors (Lipinski definition) is 3. The summed E-state index contributed by atoms with van der Waals surface area (Å²) in [6.07, 6.45) is 0.988. The predicted molar refractivity (Wildman–Crippen MR) is 70.6 cm³/mol. The fourth-order valence-corrected chi connectivity index (χ4v) is 2.03. The molecule has 0 radical (unpaired) electrons. The van der Waals surface area contributed by atoms with Gasteiger partial charge in [-0.05, 0) is 30.4 Å². The largest absolute Gasteiger partial charge is 0.507 e. The average molecular weight is 244 g/mol. The van der Waals surface area contributed by atoms with Crippen LogP contribution in [0.3, 0.4) is 0 Å². The van der Waals surface area contributed by atoms with Gasteiger partial charge in [0.25, 0.3) is 0 Å². The topological polar surface area (TPSA) is 46.5 Å². The molecule has 0 aliphatic heterocycles. The number of phenols is 1. The van der Waals surface area contributed by atoms with Crippen molar-refractivity contribution in [3.05, 3.63) is 42.0 Å². The molecule has 18 heavy (non-hydrogen) atoms. The monoisotopic (exact) mass is 244 g/mol. The van der Waals surface area contributed by atoms with Crippen LogP contribution >= 0.6 is 0 Å². The van der Waals surface area contributed by atoms with Crippen molar-refractivity contribution in [1.82, 2.24) is 0 Å². The Hall–Kier alpha value is -2.03. The number of benzene rings is 2. The predicted octanol–water partition coefficient (Wildman–Crippen LogP) is 3.04. The maximum Gasteiger partial charge on any atom is 0.306 e. The van der Waals surface area contributed by atoms with E-state index in [1.807, 2.05) is 30.3 Å². The van der Waals surface area contributed by atoms with Crippen LogP contribution < -0.4 is 0 Å². The summed E-state index contributed by atoms with van der Waals surface area (Å²) >= 11 is 0. The Balaban J connectivity index is 2.24. The van der Waals surface area contributed by atoms with E-state index in [1.165, 1.54) is 0 Å². The van der Waals surface area contributed by atoms with Crippen molar-refractivity contribution in [3.63, 3.8) is 0 Å². The lowest BCUT2D eigenvalue weighted by molar-refractivity contribution is -0.143. The molecular formula is C15H16O3. The molecule has 0 aliphatic carbocycles. The second kappa shape index (κ2) is 5.54. The van der Waals surface area contributed by atoms with Gasteiger partial charge >= 0.3 is 5.97 Å². The SMILES string of the molecule is CCOC(=O)CCc1ccc(O)c2ccccc12. The van der Waals surface area contributed by atoms with Gasteiger partial charge in [0, 0.05) is 11.8 Å². The van der Waals surface area contributed by atoms with Crippen LogP contribution in [0.2, 0.25) is 0 Å². The molecule has 0 amide bonds. The third-order valence-corrected chi connectivity index (χ3v) is 2.90. The second-order valence-corrected chi connectivity index (χ2v) is 4.09. The zero-order valence-electron chi connectivity index (χ0n) is 10.3. The van der Waals surface area contributed by atoms with Gasteiger partial charge < -0.3 is 9.84 Å². The molecule has 2 rings (SSSR count). The third kappa shape index (κ3) is 2.62. The van der Waals surface area contributed by atoms with Gasteiger partial charge in [-0.2, -0.15) is 0 Å². The van der Waals surface area contributed by atoms with E-state index in [1.54, 1.807) is 13.0 Å². The number of carbonyl (C=O) groups is 1. The average Bonchev–Trinajstić information content (AvgIpc) is 2.39. The molecule has 1 N–H and O–H groups in total. The van der Waals surface area contributed by atoms with Crippen LogP contribution in [0.5, 0.6) is 5.75 Å². The van der Waals surface area contributed by atoms with Gasteiger partial charge in [-0.1, -0.05) is 30.3 Å². The third-order valence-electron chi connectivity index (χ3n) is 2.90. The van der Waals surface area contributed by atoms with Crippen LogP contribution in [-0.4, -0.2) is 17.7 Å². The first-order valence-corrected chi connectivity index (χ1v) is 6.07. The Labute approximate surface area is 106 Å². The van der Waals surface area contributed by atoms with Gasteiger partial charge in [0.05, 0.1) is 6.61 Å².